The lowest BCUT2D eigenvalue weighted by molar-refractivity contribution is 0.286. The maximum absolute atomic E-state index is 5.72. The van der Waals surface area contributed by atoms with Crippen molar-refractivity contribution in [1.82, 2.24) is 10.3 Å². The predicted octanol–water partition coefficient (Wildman–Crippen LogP) is 2.85. The molecule has 1 heterocycles. The number of benzene rings is 1. The van der Waals surface area contributed by atoms with Gasteiger partial charge in [0.15, 0.2) is 16.7 Å². The summed E-state index contributed by atoms with van der Waals surface area (Å²) in [6.45, 7) is 2.45. The molecule has 0 aliphatic carbocycles. The minimum Gasteiger partial charge on any atom is -0.497 e. The minimum atomic E-state index is 0.0156. The summed E-state index contributed by atoms with van der Waals surface area (Å²) in [5.41, 5.74) is 0. The second kappa shape index (κ2) is 8.93. The highest BCUT2D eigenvalue weighted by molar-refractivity contribution is 7.80. The van der Waals surface area contributed by atoms with E-state index in [0.717, 1.165) is 11.5 Å². The highest BCUT2D eigenvalue weighted by Gasteiger charge is 2.09. The Hall–Kier alpha value is -2.54. The lowest BCUT2D eigenvalue weighted by Crippen LogP contribution is -2.39. The molecule has 1 aromatic carbocycles. The summed E-state index contributed by atoms with van der Waals surface area (Å²) in [5.74, 6) is 2.77. The Bertz CT molecular complexity index is 664. The van der Waals surface area contributed by atoms with Gasteiger partial charge in [-0.2, -0.15) is 0 Å². The van der Waals surface area contributed by atoms with Gasteiger partial charge in [-0.05, 0) is 55.5 Å². The van der Waals surface area contributed by atoms with Crippen molar-refractivity contribution in [2.75, 3.05) is 26.1 Å². The van der Waals surface area contributed by atoms with E-state index >= 15 is 0 Å². The number of pyridine rings is 1. The van der Waals surface area contributed by atoms with E-state index in [4.69, 9.17) is 26.4 Å². The van der Waals surface area contributed by atoms with Crippen molar-refractivity contribution >= 4 is 23.1 Å². The van der Waals surface area contributed by atoms with Gasteiger partial charge in [-0.25, -0.2) is 4.98 Å². The van der Waals surface area contributed by atoms with Crippen molar-refractivity contribution in [3.63, 3.8) is 0 Å². The van der Waals surface area contributed by atoms with Gasteiger partial charge in [0, 0.05) is 6.20 Å². The number of methoxy groups -OCH3 is 2. The van der Waals surface area contributed by atoms with Crippen molar-refractivity contribution in [2.24, 2.45) is 0 Å². The molecule has 0 radical (unpaired) electrons. The summed E-state index contributed by atoms with van der Waals surface area (Å²) in [4.78, 5) is 4.20. The summed E-state index contributed by atoms with van der Waals surface area (Å²) in [6.07, 6.45) is 1.67. The Labute approximate surface area is 147 Å². The van der Waals surface area contributed by atoms with Gasteiger partial charge in [0.05, 0.1) is 20.3 Å². The number of aromatic nitrogens is 1. The summed E-state index contributed by atoms with van der Waals surface area (Å²) >= 11 is 5.29. The lowest BCUT2D eigenvalue weighted by atomic mass is 10.3. The van der Waals surface area contributed by atoms with Crippen LogP contribution >= 0.6 is 12.2 Å². The number of rotatable bonds is 7. The molecule has 2 aromatic rings. The van der Waals surface area contributed by atoms with Crippen LogP contribution < -0.4 is 24.8 Å². The predicted molar refractivity (Wildman–Crippen MR) is 98.1 cm³/mol. The van der Waals surface area contributed by atoms with Gasteiger partial charge >= 0.3 is 0 Å². The Balaban J connectivity index is 1.80. The molecule has 0 aliphatic rings. The molecule has 0 saturated heterocycles. The first-order chi connectivity index (χ1) is 11.6. The average molecular weight is 347 g/mol. The highest BCUT2D eigenvalue weighted by Crippen LogP contribution is 2.20. The maximum atomic E-state index is 5.72. The van der Waals surface area contributed by atoms with Crippen LogP contribution in [0.3, 0.4) is 0 Å². The maximum Gasteiger partial charge on any atom is 0.174 e. The molecule has 128 valence electrons. The van der Waals surface area contributed by atoms with Crippen LogP contribution in [0.25, 0.3) is 0 Å². The molecular formula is C17H21N3O3S. The zero-order valence-corrected chi connectivity index (χ0v) is 14.7. The van der Waals surface area contributed by atoms with E-state index in [-0.39, 0.29) is 6.04 Å². The molecule has 0 spiro atoms. The number of hydrogen-bond acceptors (Lipinski definition) is 5. The van der Waals surface area contributed by atoms with Crippen molar-refractivity contribution in [3.8, 4) is 17.2 Å². The SMILES string of the molecule is COc1ccc(OC[C@@H](C)NC(=S)Nc2ncccc2OC)cc1. The number of nitrogens with one attached hydrogen (secondary N) is 2. The first kappa shape index (κ1) is 17.8. The quantitative estimate of drug-likeness (QED) is 0.747. The molecule has 0 bridgehead atoms. The third-order valence-electron chi connectivity index (χ3n) is 3.16. The normalized spacial score (nSPS) is 11.3. The Morgan fingerprint density at radius 1 is 1.12 bits per heavy atom. The van der Waals surface area contributed by atoms with Gasteiger partial charge in [-0.3, -0.25) is 0 Å². The van der Waals surface area contributed by atoms with Gasteiger partial charge in [0.1, 0.15) is 18.1 Å². The summed E-state index contributed by atoms with van der Waals surface area (Å²) in [5, 5.41) is 6.62. The molecule has 0 aliphatic heterocycles. The molecule has 0 fully saturated rings. The standard InChI is InChI=1S/C17H21N3O3S/c1-12(11-23-14-8-6-13(21-2)7-9-14)19-17(24)20-16-15(22-3)5-4-10-18-16/h4-10,12H,11H2,1-3H3,(H2,18,19,20,24)/t12-/m1/s1. The molecule has 6 nitrogen and oxygen atoms in total. The van der Waals surface area contributed by atoms with Gasteiger partial charge in [0.25, 0.3) is 0 Å². The zero-order valence-electron chi connectivity index (χ0n) is 13.9. The van der Waals surface area contributed by atoms with Crippen LogP contribution in [0.1, 0.15) is 6.92 Å². The van der Waals surface area contributed by atoms with Crippen LogP contribution in [-0.4, -0.2) is 37.0 Å². The van der Waals surface area contributed by atoms with E-state index in [0.29, 0.717) is 23.3 Å². The molecule has 2 N–H and O–H groups in total. The van der Waals surface area contributed by atoms with Crippen LogP contribution in [0.5, 0.6) is 17.2 Å². The summed E-state index contributed by atoms with van der Waals surface area (Å²) < 4.78 is 16.1. The van der Waals surface area contributed by atoms with Crippen molar-refractivity contribution in [1.29, 1.82) is 0 Å². The lowest BCUT2D eigenvalue weighted by Gasteiger charge is -2.18. The summed E-state index contributed by atoms with van der Waals surface area (Å²) in [6, 6.07) is 11.1. The summed E-state index contributed by atoms with van der Waals surface area (Å²) in [7, 11) is 3.22. The average Bonchev–Trinajstić information content (AvgIpc) is 2.60. The van der Waals surface area contributed by atoms with Crippen molar-refractivity contribution < 1.29 is 14.2 Å². The number of anilines is 1. The zero-order chi connectivity index (χ0) is 17.4. The molecule has 2 rings (SSSR count). The van der Waals surface area contributed by atoms with Crippen LogP contribution in [0.4, 0.5) is 5.82 Å². The fourth-order valence-electron chi connectivity index (χ4n) is 1.95. The number of nitrogens with zero attached hydrogens (tertiary/aromatic N) is 1. The molecule has 7 heteroatoms. The van der Waals surface area contributed by atoms with E-state index in [1.54, 1.807) is 26.5 Å². The Kier molecular flexibility index (Phi) is 6.62. The third kappa shape index (κ3) is 5.27. The Morgan fingerprint density at radius 3 is 2.50 bits per heavy atom. The fraction of sp³-hybridized carbons (Fsp3) is 0.294. The molecule has 0 amide bonds. The molecule has 0 saturated carbocycles. The van der Waals surface area contributed by atoms with E-state index in [9.17, 15) is 0 Å². The second-order valence-electron chi connectivity index (χ2n) is 5.04. The van der Waals surface area contributed by atoms with Crippen LogP contribution in [0.2, 0.25) is 0 Å². The molecular weight excluding hydrogens is 326 g/mol. The highest BCUT2D eigenvalue weighted by atomic mass is 32.1. The number of thiocarbonyl (C=S) groups is 1. The van der Waals surface area contributed by atoms with E-state index < -0.39 is 0 Å². The number of ether oxygens (including phenoxy) is 3. The van der Waals surface area contributed by atoms with Crippen LogP contribution in [-0.2, 0) is 0 Å². The third-order valence-corrected chi connectivity index (χ3v) is 3.38. The number of hydrogen-bond donors (Lipinski definition) is 2. The molecule has 24 heavy (non-hydrogen) atoms. The smallest absolute Gasteiger partial charge is 0.174 e. The van der Waals surface area contributed by atoms with Gasteiger partial charge in [0.2, 0.25) is 0 Å². The minimum absolute atomic E-state index is 0.0156. The first-order valence-electron chi connectivity index (χ1n) is 7.45. The van der Waals surface area contributed by atoms with Crippen LogP contribution in [0, 0.1) is 0 Å². The van der Waals surface area contributed by atoms with Crippen molar-refractivity contribution in [2.45, 2.75) is 13.0 Å². The Morgan fingerprint density at radius 2 is 1.83 bits per heavy atom. The van der Waals surface area contributed by atoms with Gasteiger partial charge in [-0.15, -0.1) is 0 Å². The monoisotopic (exact) mass is 347 g/mol. The van der Waals surface area contributed by atoms with E-state index in [1.807, 2.05) is 37.3 Å². The van der Waals surface area contributed by atoms with E-state index in [1.165, 1.54) is 0 Å². The first-order valence-corrected chi connectivity index (χ1v) is 7.86. The topological polar surface area (TPSA) is 64.6 Å². The van der Waals surface area contributed by atoms with Crippen molar-refractivity contribution in [3.05, 3.63) is 42.6 Å². The fourth-order valence-corrected chi connectivity index (χ4v) is 2.25. The molecule has 1 atom stereocenters. The van der Waals surface area contributed by atoms with Gasteiger partial charge < -0.3 is 24.8 Å². The molecule has 0 unspecified atom stereocenters. The second-order valence-corrected chi connectivity index (χ2v) is 5.45. The largest absolute Gasteiger partial charge is 0.497 e. The van der Waals surface area contributed by atoms with Crippen LogP contribution in [0.15, 0.2) is 42.6 Å². The van der Waals surface area contributed by atoms with E-state index in [2.05, 4.69) is 15.6 Å². The van der Waals surface area contributed by atoms with Gasteiger partial charge in [-0.1, -0.05) is 0 Å². The molecule has 1 aromatic heterocycles.